The molecule has 2 nitrogen and oxygen atoms in total. The molecule has 0 bridgehead atoms. The summed E-state index contributed by atoms with van der Waals surface area (Å²) in [5.41, 5.74) is 2.41. The van der Waals surface area contributed by atoms with E-state index in [-0.39, 0.29) is 0 Å². The Kier molecular flexibility index (Phi) is 5.79. The van der Waals surface area contributed by atoms with E-state index < -0.39 is 10.8 Å². The zero-order chi connectivity index (χ0) is 14.5. The highest BCUT2D eigenvalue weighted by molar-refractivity contribution is 7.85. The zero-order valence-corrected chi connectivity index (χ0v) is 13.8. The van der Waals surface area contributed by atoms with Crippen LogP contribution in [0.25, 0.3) is 0 Å². The van der Waals surface area contributed by atoms with Crippen LogP contribution in [0.15, 0.2) is 23.1 Å². The predicted molar refractivity (Wildman–Crippen MR) is 86.6 cm³/mol. The van der Waals surface area contributed by atoms with Crippen molar-refractivity contribution in [3.63, 3.8) is 0 Å². The first kappa shape index (κ1) is 15.7. The average Bonchev–Trinajstić information content (AvgIpc) is 2.84. The van der Waals surface area contributed by atoms with Crippen LogP contribution in [0.1, 0.15) is 43.7 Å². The van der Waals surface area contributed by atoms with Crippen LogP contribution in [0.3, 0.4) is 0 Å². The van der Waals surface area contributed by atoms with Gasteiger partial charge in [0.2, 0.25) is 0 Å². The molecular formula is C17H27NOS. The zero-order valence-electron chi connectivity index (χ0n) is 12.9. The predicted octanol–water partition coefficient (Wildman–Crippen LogP) is 3.58. The molecule has 112 valence electrons. The molecule has 20 heavy (non-hydrogen) atoms. The number of hydrogen-bond acceptors (Lipinski definition) is 2. The van der Waals surface area contributed by atoms with Gasteiger partial charge in [-0.1, -0.05) is 31.0 Å². The molecule has 0 aromatic heterocycles. The number of benzene rings is 1. The molecule has 1 aliphatic carbocycles. The second kappa shape index (κ2) is 7.37. The van der Waals surface area contributed by atoms with Crippen molar-refractivity contribution < 1.29 is 4.21 Å². The molecule has 0 radical (unpaired) electrons. The first-order chi connectivity index (χ1) is 9.61. The second-order valence-electron chi connectivity index (χ2n) is 5.96. The van der Waals surface area contributed by atoms with Crippen molar-refractivity contribution in [1.82, 2.24) is 5.32 Å². The Balaban J connectivity index is 1.91. The molecular weight excluding hydrogens is 266 g/mol. The summed E-state index contributed by atoms with van der Waals surface area (Å²) in [5.74, 6) is 1.51. The van der Waals surface area contributed by atoms with E-state index in [0.29, 0.717) is 12.0 Å². The van der Waals surface area contributed by atoms with Crippen molar-refractivity contribution in [3.8, 4) is 0 Å². The summed E-state index contributed by atoms with van der Waals surface area (Å²) < 4.78 is 12.5. The van der Waals surface area contributed by atoms with Crippen LogP contribution in [0.5, 0.6) is 0 Å². The van der Waals surface area contributed by atoms with E-state index in [9.17, 15) is 4.21 Å². The van der Waals surface area contributed by atoms with Gasteiger partial charge in [-0.25, -0.2) is 0 Å². The Labute approximate surface area is 125 Å². The number of nitrogens with one attached hydrogen (secondary N) is 1. The van der Waals surface area contributed by atoms with Crippen LogP contribution in [-0.4, -0.2) is 22.5 Å². The van der Waals surface area contributed by atoms with E-state index >= 15 is 0 Å². The smallest absolute Gasteiger partial charge is 0.0532 e. The van der Waals surface area contributed by atoms with Gasteiger partial charge in [0, 0.05) is 16.7 Å². The van der Waals surface area contributed by atoms with Crippen LogP contribution in [0.4, 0.5) is 0 Å². The molecule has 0 saturated heterocycles. The highest BCUT2D eigenvalue weighted by Gasteiger charge is 2.26. The highest BCUT2D eigenvalue weighted by Crippen LogP contribution is 2.29. The Bertz CT molecular complexity index is 472. The van der Waals surface area contributed by atoms with Crippen molar-refractivity contribution in [3.05, 3.63) is 29.3 Å². The maximum absolute atomic E-state index is 12.5. The van der Waals surface area contributed by atoms with Gasteiger partial charge in [0.05, 0.1) is 10.8 Å². The lowest BCUT2D eigenvalue weighted by Gasteiger charge is -2.20. The number of aryl methyl sites for hydroxylation is 2. The Morgan fingerprint density at radius 3 is 2.80 bits per heavy atom. The summed E-state index contributed by atoms with van der Waals surface area (Å²) in [6, 6.07) is 6.88. The van der Waals surface area contributed by atoms with Gasteiger partial charge < -0.3 is 5.32 Å². The molecule has 0 spiro atoms. The molecule has 3 heteroatoms. The van der Waals surface area contributed by atoms with Gasteiger partial charge in [-0.3, -0.25) is 4.21 Å². The fourth-order valence-corrected chi connectivity index (χ4v) is 4.71. The van der Waals surface area contributed by atoms with Gasteiger partial charge in [0.1, 0.15) is 0 Å². The first-order valence-electron chi connectivity index (χ1n) is 7.80. The largest absolute Gasteiger partial charge is 0.314 e. The molecule has 0 aliphatic heterocycles. The van der Waals surface area contributed by atoms with Gasteiger partial charge in [-0.15, -0.1) is 0 Å². The third-order valence-corrected chi connectivity index (χ3v) is 5.93. The summed E-state index contributed by atoms with van der Waals surface area (Å²) in [7, 11) is -0.846. The molecule has 1 aromatic carbocycles. The summed E-state index contributed by atoms with van der Waals surface area (Å²) in [6.07, 6.45) is 4.98. The molecule has 1 fully saturated rings. The van der Waals surface area contributed by atoms with E-state index in [1.807, 2.05) is 6.07 Å². The third kappa shape index (κ3) is 3.92. The maximum atomic E-state index is 12.5. The SMILES string of the molecule is CCNC1CCCC1CCS(=O)c1ccc(C)cc1C. The van der Waals surface area contributed by atoms with E-state index in [1.54, 1.807) is 0 Å². The van der Waals surface area contributed by atoms with Crippen molar-refractivity contribution in [1.29, 1.82) is 0 Å². The van der Waals surface area contributed by atoms with Gasteiger partial charge in [0.25, 0.3) is 0 Å². The maximum Gasteiger partial charge on any atom is 0.0532 e. The minimum Gasteiger partial charge on any atom is -0.314 e. The van der Waals surface area contributed by atoms with E-state index in [2.05, 4.69) is 38.2 Å². The van der Waals surface area contributed by atoms with Gasteiger partial charge in [-0.2, -0.15) is 0 Å². The number of hydrogen-bond donors (Lipinski definition) is 1. The molecule has 3 unspecified atom stereocenters. The fourth-order valence-electron chi connectivity index (χ4n) is 3.34. The molecule has 3 atom stereocenters. The monoisotopic (exact) mass is 293 g/mol. The lowest BCUT2D eigenvalue weighted by atomic mass is 10.0. The fraction of sp³-hybridized carbons (Fsp3) is 0.647. The van der Waals surface area contributed by atoms with E-state index in [0.717, 1.165) is 29.2 Å². The number of rotatable bonds is 6. The van der Waals surface area contributed by atoms with Crippen molar-refractivity contribution in [2.24, 2.45) is 5.92 Å². The van der Waals surface area contributed by atoms with Crippen molar-refractivity contribution in [2.75, 3.05) is 12.3 Å². The van der Waals surface area contributed by atoms with Gasteiger partial charge >= 0.3 is 0 Å². The molecule has 0 heterocycles. The van der Waals surface area contributed by atoms with E-state index in [1.165, 1.54) is 24.8 Å². The Morgan fingerprint density at radius 2 is 2.10 bits per heavy atom. The Morgan fingerprint density at radius 1 is 1.30 bits per heavy atom. The Hall–Kier alpha value is -0.670. The summed E-state index contributed by atoms with van der Waals surface area (Å²) in [4.78, 5) is 1.02. The topological polar surface area (TPSA) is 29.1 Å². The molecule has 1 aliphatic rings. The van der Waals surface area contributed by atoms with Gasteiger partial charge in [0.15, 0.2) is 0 Å². The van der Waals surface area contributed by atoms with Crippen molar-refractivity contribution in [2.45, 2.75) is 57.4 Å². The third-order valence-electron chi connectivity index (χ3n) is 4.38. The normalized spacial score (nSPS) is 23.9. The standard InChI is InChI=1S/C17H27NOS/c1-4-18-16-7-5-6-15(16)10-11-20(19)17-9-8-13(2)12-14(17)3/h8-9,12,15-16,18H,4-7,10-11H2,1-3H3. The lowest BCUT2D eigenvalue weighted by molar-refractivity contribution is 0.399. The van der Waals surface area contributed by atoms with Crippen LogP contribution >= 0.6 is 0 Å². The minimum absolute atomic E-state index is 0.649. The lowest BCUT2D eigenvalue weighted by Crippen LogP contribution is -2.32. The first-order valence-corrected chi connectivity index (χ1v) is 9.12. The van der Waals surface area contributed by atoms with Gasteiger partial charge in [-0.05, 0) is 57.2 Å². The molecule has 1 aromatic rings. The summed E-state index contributed by atoms with van der Waals surface area (Å²) >= 11 is 0. The van der Waals surface area contributed by atoms with Crippen LogP contribution in [0.2, 0.25) is 0 Å². The van der Waals surface area contributed by atoms with Crippen LogP contribution in [-0.2, 0) is 10.8 Å². The quantitative estimate of drug-likeness (QED) is 0.868. The average molecular weight is 293 g/mol. The molecule has 1 N–H and O–H groups in total. The highest BCUT2D eigenvalue weighted by atomic mass is 32.2. The van der Waals surface area contributed by atoms with Crippen LogP contribution < -0.4 is 5.32 Å². The summed E-state index contributed by atoms with van der Waals surface area (Å²) in [6.45, 7) is 7.36. The molecule has 1 saturated carbocycles. The molecule has 0 amide bonds. The van der Waals surface area contributed by atoms with E-state index in [4.69, 9.17) is 0 Å². The second-order valence-corrected chi connectivity index (χ2v) is 7.50. The summed E-state index contributed by atoms with van der Waals surface area (Å²) in [5, 5.41) is 3.58. The van der Waals surface area contributed by atoms with Crippen LogP contribution in [0, 0.1) is 19.8 Å². The molecule has 2 rings (SSSR count). The minimum atomic E-state index is -0.846. The van der Waals surface area contributed by atoms with Crippen molar-refractivity contribution >= 4 is 10.8 Å².